The molecule has 0 amide bonds. The number of nitrogens with two attached hydrogens (primary N) is 1. The SMILES string of the molecule is COc1c(N)ncnc1-n1nc(C)cc1C. The van der Waals surface area contributed by atoms with Gasteiger partial charge in [-0.2, -0.15) is 5.10 Å². The average molecular weight is 219 g/mol. The Balaban J connectivity index is 2.64. The fraction of sp³-hybridized carbons (Fsp3) is 0.300. The Morgan fingerprint density at radius 3 is 2.62 bits per heavy atom. The highest BCUT2D eigenvalue weighted by Crippen LogP contribution is 2.25. The molecule has 0 fully saturated rings. The minimum atomic E-state index is 0.306. The fourth-order valence-corrected chi connectivity index (χ4v) is 1.57. The van der Waals surface area contributed by atoms with E-state index in [4.69, 9.17) is 10.5 Å². The molecule has 2 heterocycles. The zero-order chi connectivity index (χ0) is 11.7. The summed E-state index contributed by atoms with van der Waals surface area (Å²) in [6.07, 6.45) is 1.39. The summed E-state index contributed by atoms with van der Waals surface area (Å²) in [7, 11) is 1.53. The van der Waals surface area contributed by atoms with Gasteiger partial charge in [-0.1, -0.05) is 0 Å². The molecule has 2 N–H and O–H groups in total. The van der Waals surface area contributed by atoms with Crippen molar-refractivity contribution in [2.45, 2.75) is 13.8 Å². The summed E-state index contributed by atoms with van der Waals surface area (Å²) in [5.41, 5.74) is 7.59. The number of nitrogen functional groups attached to an aromatic ring is 1. The molecule has 6 nitrogen and oxygen atoms in total. The second kappa shape index (κ2) is 3.80. The fourth-order valence-electron chi connectivity index (χ4n) is 1.57. The third-order valence-corrected chi connectivity index (χ3v) is 2.23. The summed E-state index contributed by atoms with van der Waals surface area (Å²) in [6.45, 7) is 3.86. The number of hydrogen-bond acceptors (Lipinski definition) is 5. The van der Waals surface area contributed by atoms with Crippen molar-refractivity contribution in [3.63, 3.8) is 0 Å². The van der Waals surface area contributed by atoms with Crippen LogP contribution in [0, 0.1) is 13.8 Å². The van der Waals surface area contributed by atoms with Crippen molar-refractivity contribution in [2.75, 3.05) is 12.8 Å². The van der Waals surface area contributed by atoms with Crippen LogP contribution in [0.1, 0.15) is 11.4 Å². The zero-order valence-corrected chi connectivity index (χ0v) is 9.43. The van der Waals surface area contributed by atoms with Gasteiger partial charge in [0.2, 0.25) is 11.6 Å². The lowest BCUT2D eigenvalue weighted by Crippen LogP contribution is -2.07. The van der Waals surface area contributed by atoms with Gasteiger partial charge in [0, 0.05) is 5.69 Å². The predicted molar refractivity (Wildman–Crippen MR) is 59.6 cm³/mol. The van der Waals surface area contributed by atoms with Gasteiger partial charge in [-0.15, -0.1) is 0 Å². The lowest BCUT2D eigenvalue weighted by Gasteiger charge is -2.09. The van der Waals surface area contributed by atoms with E-state index in [1.54, 1.807) is 4.68 Å². The second-order valence-electron chi connectivity index (χ2n) is 3.45. The highest BCUT2D eigenvalue weighted by Gasteiger charge is 2.14. The summed E-state index contributed by atoms with van der Waals surface area (Å²) in [5, 5.41) is 4.32. The van der Waals surface area contributed by atoms with E-state index in [2.05, 4.69) is 15.1 Å². The lowest BCUT2D eigenvalue weighted by atomic mass is 10.4. The van der Waals surface area contributed by atoms with Gasteiger partial charge in [0.25, 0.3) is 0 Å². The Kier molecular flexibility index (Phi) is 2.47. The zero-order valence-electron chi connectivity index (χ0n) is 9.43. The van der Waals surface area contributed by atoms with Crippen LogP contribution in [0.25, 0.3) is 5.82 Å². The van der Waals surface area contributed by atoms with Gasteiger partial charge in [-0.3, -0.25) is 0 Å². The Hall–Kier alpha value is -2.11. The maximum atomic E-state index is 5.71. The molecular formula is C10H13N5O. The molecule has 0 saturated carbocycles. The maximum absolute atomic E-state index is 5.71. The highest BCUT2D eigenvalue weighted by molar-refractivity contribution is 5.55. The second-order valence-corrected chi connectivity index (χ2v) is 3.45. The van der Waals surface area contributed by atoms with Gasteiger partial charge in [0.05, 0.1) is 12.8 Å². The van der Waals surface area contributed by atoms with Crippen LogP contribution >= 0.6 is 0 Å². The molecule has 0 atom stereocenters. The minimum Gasteiger partial charge on any atom is -0.490 e. The Morgan fingerprint density at radius 1 is 1.31 bits per heavy atom. The molecule has 0 radical (unpaired) electrons. The first kappa shape index (κ1) is 10.4. The van der Waals surface area contributed by atoms with Gasteiger partial charge in [-0.05, 0) is 19.9 Å². The molecule has 0 aromatic carbocycles. The van der Waals surface area contributed by atoms with Crippen LogP contribution in [-0.2, 0) is 0 Å². The molecule has 0 bridgehead atoms. The van der Waals surface area contributed by atoms with Gasteiger partial charge < -0.3 is 10.5 Å². The Labute approximate surface area is 93.1 Å². The van der Waals surface area contributed by atoms with Crippen molar-refractivity contribution < 1.29 is 4.74 Å². The summed E-state index contributed by atoms with van der Waals surface area (Å²) < 4.78 is 6.87. The molecule has 0 aliphatic rings. The number of nitrogens with zero attached hydrogens (tertiary/aromatic N) is 4. The largest absolute Gasteiger partial charge is 0.490 e. The molecule has 0 aliphatic heterocycles. The van der Waals surface area contributed by atoms with Gasteiger partial charge >= 0.3 is 0 Å². The Bertz CT molecular complexity index is 520. The van der Waals surface area contributed by atoms with E-state index in [9.17, 15) is 0 Å². The normalized spacial score (nSPS) is 10.4. The average Bonchev–Trinajstić information content (AvgIpc) is 2.57. The van der Waals surface area contributed by atoms with E-state index in [0.29, 0.717) is 17.4 Å². The van der Waals surface area contributed by atoms with Gasteiger partial charge in [0.15, 0.2) is 5.82 Å². The highest BCUT2D eigenvalue weighted by atomic mass is 16.5. The number of anilines is 1. The summed E-state index contributed by atoms with van der Waals surface area (Å²) in [6, 6.07) is 1.96. The molecule has 0 saturated heterocycles. The van der Waals surface area contributed by atoms with Crippen molar-refractivity contribution in [2.24, 2.45) is 0 Å². The van der Waals surface area contributed by atoms with Gasteiger partial charge in [0.1, 0.15) is 6.33 Å². The van der Waals surface area contributed by atoms with Crippen LogP contribution in [-0.4, -0.2) is 26.9 Å². The molecule has 6 heteroatoms. The standard InChI is InChI=1S/C10H13N5O/c1-6-4-7(2)15(14-6)10-8(16-3)9(11)12-5-13-10/h4-5H,1-3H3,(H2,11,12,13). The van der Waals surface area contributed by atoms with Crippen molar-refractivity contribution in [1.29, 1.82) is 0 Å². The summed E-state index contributed by atoms with van der Waals surface area (Å²) in [5.74, 6) is 1.30. The van der Waals surface area contributed by atoms with E-state index in [-0.39, 0.29) is 0 Å². The van der Waals surface area contributed by atoms with Gasteiger partial charge in [-0.25, -0.2) is 14.6 Å². The predicted octanol–water partition coefficient (Wildman–Crippen LogP) is 0.870. The first-order valence-corrected chi connectivity index (χ1v) is 4.81. The number of aryl methyl sites for hydroxylation is 2. The first-order valence-electron chi connectivity index (χ1n) is 4.81. The molecule has 0 spiro atoms. The third kappa shape index (κ3) is 1.58. The quantitative estimate of drug-likeness (QED) is 0.810. The monoisotopic (exact) mass is 219 g/mol. The van der Waals surface area contributed by atoms with E-state index in [1.165, 1.54) is 13.4 Å². The number of ether oxygens (including phenoxy) is 1. The summed E-state index contributed by atoms with van der Waals surface area (Å²) >= 11 is 0. The molecule has 0 aliphatic carbocycles. The number of methoxy groups -OCH3 is 1. The number of rotatable bonds is 2. The lowest BCUT2D eigenvalue weighted by molar-refractivity contribution is 0.409. The molecule has 2 aromatic heterocycles. The van der Waals surface area contributed by atoms with Crippen molar-refractivity contribution >= 4 is 5.82 Å². The smallest absolute Gasteiger partial charge is 0.206 e. The van der Waals surface area contributed by atoms with Crippen LogP contribution in [0.3, 0.4) is 0 Å². The number of aromatic nitrogens is 4. The topological polar surface area (TPSA) is 78.9 Å². The van der Waals surface area contributed by atoms with Crippen LogP contribution in [0.15, 0.2) is 12.4 Å². The Morgan fingerprint density at radius 2 is 2.06 bits per heavy atom. The first-order chi connectivity index (χ1) is 7.63. The van der Waals surface area contributed by atoms with Crippen LogP contribution in [0.2, 0.25) is 0 Å². The van der Waals surface area contributed by atoms with Crippen molar-refractivity contribution in [3.05, 3.63) is 23.8 Å². The molecule has 84 valence electrons. The van der Waals surface area contributed by atoms with E-state index in [0.717, 1.165) is 11.4 Å². The molecule has 2 rings (SSSR count). The maximum Gasteiger partial charge on any atom is 0.206 e. The van der Waals surface area contributed by atoms with Crippen molar-refractivity contribution in [1.82, 2.24) is 19.7 Å². The van der Waals surface area contributed by atoms with Crippen LogP contribution in [0.4, 0.5) is 5.82 Å². The minimum absolute atomic E-state index is 0.306. The van der Waals surface area contributed by atoms with E-state index in [1.807, 2.05) is 19.9 Å². The van der Waals surface area contributed by atoms with E-state index >= 15 is 0 Å². The van der Waals surface area contributed by atoms with Crippen LogP contribution < -0.4 is 10.5 Å². The molecule has 16 heavy (non-hydrogen) atoms. The molecular weight excluding hydrogens is 206 g/mol. The molecule has 2 aromatic rings. The number of hydrogen-bond donors (Lipinski definition) is 1. The van der Waals surface area contributed by atoms with Crippen molar-refractivity contribution in [3.8, 4) is 11.6 Å². The third-order valence-electron chi connectivity index (χ3n) is 2.23. The molecule has 0 unspecified atom stereocenters. The van der Waals surface area contributed by atoms with E-state index < -0.39 is 0 Å². The van der Waals surface area contributed by atoms with Crippen LogP contribution in [0.5, 0.6) is 5.75 Å². The summed E-state index contributed by atoms with van der Waals surface area (Å²) in [4.78, 5) is 8.01.